The number of anilines is 1. The molecule has 0 aromatic heterocycles. The fourth-order valence-electron chi connectivity index (χ4n) is 2.14. The van der Waals surface area contributed by atoms with Crippen LogP contribution >= 0.6 is 22.6 Å². The molecule has 110 valence electrons. The molecule has 0 bridgehead atoms. The predicted octanol–water partition coefficient (Wildman–Crippen LogP) is 2.33. The normalized spacial score (nSPS) is 20.8. The number of rotatable bonds is 4. The van der Waals surface area contributed by atoms with E-state index in [1.165, 1.54) is 0 Å². The Labute approximate surface area is 129 Å². The number of nitro benzene ring substituents is 1. The highest BCUT2D eigenvalue weighted by atomic mass is 127. The zero-order valence-electron chi connectivity index (χ0n) is 10.3. The van der Waals surface area contributed by atoms with Gasteiger partial charge in [0.15, 0.2) is 9.84 Å². The molecule has 1 aliphatic rings. The van der Waals surface area contributed by atoms with Crippen molar-refractivity contribution in [3.05, 3.63) is 31.6 Å². The zero-order chi connectivity index (χ0) is 14.9. The Kier molecular flexibility index (Phi) is 4.47. The largest absolute Gasteiger partial charge is 0.378 e. The van der Waals surface area contributed by atoms with Gasteiger partial charge in [-0.25, -0.2) is 12.8 Å². The van der Waals surface area contributed by atoms with Gasteiger partial charge in [-0.3, -0.25) is 10.1 Å². The number of nitro groups is 1. The molecule has 1 aliphatic heterocycles. The number of nitrogens with zero attached hydrogens (tertiary/aromatic N) is 1. The lowest BCUT2D eigenvalue weighted by Gasteiger charge is -2.12. The first-order valence-corrected chi connectivity index (χ1v) is 8.69. The summed E-state index contributed by atoms with van der Waals surface area (Å²) in [6, 6.07) is 2.16. The van der Waals surface area contributed by atoms with Gasteiger partial charge in [0, 0.05) is 18.7 Å². The van der Waals surface area contributed by atoms with Crippen molar-refractivity contribution in [2.24, 2.45) is 0 Å². The Balaban J connectivity index is 2.21. The summed E-state index contributed by atoms with van der Waals surface area (Å²) in [5.74, 6) is -0.435. The molecule has 1 saturated heterocycles. The first-order valence-electron chi connectivity index (χ1n) is 5.90. The third kappa shape index (κ3) is 3.19. The Morgan fingerprint density at radius 2 is 2.20 bits per heavy atom. The summed E-state index contributed by atoms with van der Waals surface area (Å²) in [5.41, 5.74) is -0.249. The van der Waals surface area contributed by atoms with Crippen molar-refractivity contribution in [2.75, 3.05) is 17.6 Å². The topological polar surface area (TPSA) is 89.3 Å². The summed E-state index contributed by atoms with van der Waals surface area (Å²) in [7, 11) is -3.14. The minimum Gasteiger partial charge on any atom is -0.378 e. The van der Waals surface area contributed by atoms with Crippen LogP contribution in [0, 0.1) is 19.5 Å². The maximum Gasteiger partial charge on any atom is 0.293 e. The van der Waals surface area contributed by atoms with E-state index in [2.05, 4.69) is 5.32 Å². The fourth-order valence-corrected chi connectivity index (χ4v) is 4.36. The molecule has 1 heterocycles. The Morgan fingerprint density at radius 3 is 2.75 bits per heavy atom. The highest BCUT2D eigenvalue weighted by molar-refractivity contribution is 14.1. The van der Waals surface area contributed by atoms with E-state index in [0.717, 1.165) is 12.1 Å². The van der Waals surface area contributed by atoms with Gasteiger partial charge in [-0.05, 0) is 35.4 Å². The summed E-state index contributed by atoms with van der Waals surface area (Å²) >= 11 is 1.67. The first kappa shape index (κ1) is 15.4. The van der Waals surface area contributed by atoms with Gasteiger partial charge in [-0.15, -0.1) is 0 Å². The van der Waals surface area contributed by atoms with Gasteiger partial charge in [-0.1, -0.05) is 0 Å². The lowest BCUT2D eigenvalue weighted by atomic mass is 10.2. The second-order valence-electron chi connectivity index (χ2n) is 4.55. The van der Waals surface area contributed by atoms with Crippen molar-refractivity contribution < 1.29 is 17.7 Å². The molecular formula is C11H12FIN2O4S. The molecule has 0 saturated carbocycles. The van der Waals surface area contributed by atoms with E-state index in [1.54, 1.807) is 22.6 Å². The highest BCUT2D eigenvalue weighted by Crippen LogP contribution is 2.29. The number of halogens is 2. The molecule has 6 nitrogen and oxygen atoms in total. The van der Waals surface area contributed by atoms with Crippen LogP contribution < -0.4 is 5.32 Å². The Bertz CT molecular complexity index is 650. The van der Waals surface area contributed by atoms with Crippen molar-refractivity contribution in [2.45, 2.75) is 18.1 Å². The number of hydrogen-bond donors (Lipinski definition) is 1. The lowest BCUT2D eigenvalue weighted by molar-refractivity contribution is -0.384. The monoisotopic (exact) mass is 414 g/mol. The van der Waals surface area contributed by atoms with E-state index >= 15 is 0 Å². The molecule has 1 fully saturated rings. The minimum absolute atomic E-state index is 0.00927. The van der Waals surface area contributed by atoms with Crippen molar-refractivity contribution in [1.29, 1.82) is 0 Å². The average Bonchev–Trinajstić information content (AvgIpc) is 2.69. The third-order valence-corrected chi connectivity index (χ3v) is 6.32. The quantitative estimate of drug-likeness (QED) is 0.464. The van der Waals surface area contributed by atoms with Crippen molar-refractivity contribution in [3.8, 4) is 0 Å². The number of sulfone groups is 1. The van der Waals surface area contributed by atoms with Crippen LogP contribution in [0.2, 0.25) is 0 Å². The summed E-state index contributed by atoms with van der Waals surface area (Å²) in [6.07, 6.45) is 1.12. The van der Waals surface area contributed by atoms with Gasteiger partial charge in [0.2, 0.25) is 0 Å². The van der Waals surface area contributed by atoms with Crippen molar-refractivity contribution in [1.82, 2.24) is 0 Å². The van der Waals surface area contributed by atoms with E-state index in [-0.39, 0.29) is 27.2 Å². The molecule has 0 spiro atoms. The molecule has 0 aliphatic carbocycles. The molecule has 1 N–H and O–H groups in total. The van der Waals surface area contributed by atoms with Gasteiger partial charge in [-0.2, -0.15) is 0 Å². The van der Waals surface area contributed by atoms with Gasteiger partial charge in [0.1, 0.15) is 11.5 Å². The number of nitrogens with one attached hydrogen (secondary N) is 1. The van der Waals surface area contributed by atoms with E-state index in [0.29, 0.717) is 12.8 Å². The van der Waals surface area contributed by atoms with E-state index < -0.39 is 25.8 Å². The second-order valence-corrected chi connectivity index (χ2v) is 8.12. The first-order chi connectivity index (χ1) is 9.31. The van der Waals surface area contributed by atoms with Crippen LogP contribution in [0.5, 0.6) is 0 Å². The second kappa shape index (κ2) is 5.80. The van der Waals surface area contributed by atoms with Gasteiger partial charge in [0.25, 0.3) is 5.69 Å². The van der Waals surface area contributed by atoms with Crippen LogP contribution in [0.25, 0.3) is 0 Å². The molecule has 1 atom stereocenters. The smallest absolute Gasteiger partial charge is 0.293 e. The summed E-state index contributed by atoms with van der Waals surface area (Å²) in [4.78, 5) is 10.3. The van der Waals surface area contributed by atoms with E-state index in [9.17, 15) is 22.9 Å². The molecule has 1 unspecified atom stereocenters. The maximum absolute atomic E-state index is 13.5. The number of hydrogen-bond acceptors (Lipinski definition) is 5. The maximum atomic E-state index is 13.5. The van der Waals surface area contributed by atoms with E-state index in [4.69, 9.17) is 0 Å². The van der Waals surface area contributed by atoms with Crippen LogP contribution in [0.15, 0.2) is 12.1 Å². The van der Waals surface area contributed by atoms with Crippen LogP contribution in [0.3, 0.4) is 0 Å². The van der Waals surface area contributed by atoms with Crippen LogP contribution in [0.1, 0.15) is 12.8 Å². The summed E-state index contributed by atoms with van der Waals surface area (Å²) in [5, 5.41) is 13.1. The van der Waals surface area contributed by atoms with Crippen LogP contribution in [0.4, 0.5) is 15.8 Å². The lowest BCUT2D eigenvalue weighted by Crippen LogP contribution is -2.25. The Hall–Kier alpha value is -0.970. The molecule has 1 aromatic rings. The van der Waals surface area contributed by atoms with E-state index in [1.807, 2.05) is 0 Å². The minimum atomic E-state index is -3.14. The summed E-state index contributed by atoms with van der Waals surface area (Å²) in [6.45, 7) is 0.0587. The standard InChI is InChI=1S/C11H12FIN2O4S/c12-8-4-10(11(15(16)17)5-9(8)13)14-6-7-2-1-3-20(7,18)19/h4-5,7,14H,1-3,6H2. The molecule has 20 heavy (non-hydrogen) atoms. The Morgan fingerprint density at radius 1 is 1.50 bits per heavy atom. The predicted molar refractivity (Wildman–Crippen MR) is 81.1 cm³/mol. The zero-order valence-corrected chi connectivity index (χ0v) is 13.3. The molecule has 0 amide bonds. The molecule has 1 aromatic carbocycles. The third-order valence-electron chi connectivity index (χ3n) is 3.22. The van der Waals surface area contributed by atoms with Gasteiger partial charge in [0.05, 0.1) is 19.5 Å². The number of benzene rings is 1. The molecular weight excluding hydrogens is 402 g/mol. The van der Waals surface area contributed by atoms with Crippen molar-refractivity contribution >= 4 is 43.8 Å². The van der Waals surface area contributed by atoms with Gasteiger partial charge >= 0.3 is 0 Å². The van der Waals surface area contributed by atoms with Crippen LogP contribution in [-0.4, -0.2) is 30.9 Å². The van der Waals surface area contributed by atoms with Gasteiger partial charge < -0.3 is 5.32 Å². The fraction of sp³-hybridized carbons (Fsp3) is 0.455. The molecule has 9 heteroatoms. The van der Waals surface area contributed by atoms with Crippen molar-refractivity contribution in [3.63, 3.8) is 0 Å². The average molecular weight is 414 g/mol. The molecule has 0 radical (unpaired) electrons. The SMILES string of the molecule is O=[N+]([O-])c1cc(I)c(F)cc1NCC1CCCS1(=O)=O. The summed E-state index contributed by atoms with van der Waals surface area (Å²) < 4.78 is 37.0. The van der Waals surface area contributed by atoms with Crippen LogP contribution in [-0.2, 0) is 9.84 Å². The highest BCUT2D eigenvalue weighted by Gasteiger charge is 2.31. The molecule has 2 rings (SSSR count).